The summed E-state index contributed by atoms with van der Waals surface area (Å²) in [6.45, 7) is 0.459. The van der Waals surface area contributed by atoms with Crippen molar-refractivity contribution in [1.82, 2.24) is 5.43 Å². The fraction of sp³-hybridized carbons (Fsp3) is 0.0476. The summed E-state index contributed by atoms with van der Waals surface area (Å²) in [5.41, 5.74) is 4.79. The Morgan fingerprint density at radius 1 is 0.963 bits per heavy atom. The molecule has 136 valence electrons. The predicted octanol–water partition coefficient (Wildman–Crippen LogP) is 5.34. The van der Waals surface area contributed by atoms with Crippen molar-refractivity contribution in [2.24, 2.45) is 5.10 Å². The molecule has 0 fully saturated rings. The van der Waals surface area contributed by atoms with Gasteiger partial charge >= 0.3 is 0 Å². The average molecular weight is 399 g/mol. The van der Waals surface area contributed by atoms with Crippen molar-refractivity contribution in [3.63, 3.8) is 0 Å². The zero-order valence-electron chi connectivity index (χ0n) is 14.2. The van der Waals surface area contributed by atoms with Gasteiger partial charge in [-0.3, -0.25) is 4.79 Å². The van der Waals surface area contributed by atoms with Crippen LogP contribution in [0, 0.1) is 0 Å². The first-order valence-electron chi connectivity index (χ1n) is 8.16. The topological polar surface area (TPSA) is 50.7 Å². The molecule has 0 heterocycles. The van der Waals surface area contributed by atoms with E-state index >= 15 is 0 Å². The number of carbonyl (C=O) groups excluding carboxylic acids is 1. The minimum absolute atomic E-state index is 0.323. The van der Waals surface area contributed by atoms with Gasteiger partial charge in [-0.2, -0.15) is 5.10 Å². The van der Waals surface area contributed by atoms with Gasteiger partial charge < -0.3 is 4.74 Å². The van der Waals surface area contributed by atoms with Crippen LogP contribution in [0.2, 0.25) is 10.0 Å². The molecule has 3 rings (SSSR count). The second kappa shape index (κ2) is 9.21. The lowest BCUT2D eigenvalue weighted by molar-refractivity contribution is 0.0955. The number of nitrogens with one attached hydrogen (secondary N) is 1. The van der Waals surface area contributed by atoms with Crippen LogP contribution < -0.4 is 10.2 Å². The number of ether oxygens (including phenoxy) is 1. The standard InChI is InChI=1S/C21H16Cl2N2O2/c22-18-8-4-16(5-9-18)14-27-20-10-6-15(7-11-20)13-24-25-21(26)17-2-1-3-19(23)12-17/h1-13H,14H2,(H,25,26)/b24-13+. The molecule has 3 aromatic rings. The van der Waals surface area contributed by atoms with E-state index in [4.69, 9.17) is 27.9 Å². The molecule has 0 radical (unpaired) electrons. The third-order valence-electron chi connectivity index (χ3n) is 3.67. The normalized spacial score (nSPS) is 10.7. The van der Waals surface area contributed by atoms with E-state index in [0.29, 0.717) is 22.2 Å². The Labute approximate surface area is 167 Å². The van der Waals surface area contributed by atoms with Crippen molar-refractivity contribution in [3.05, 3.63) is 99.5 Å². The van der Waals surface area contributed by atoms with Gasteiger partial charge in [0.15, 0.2) is 0 Å². The summed E-state index contributed by atoms with van der Waals surface area (Å²) in [7, 11) is 0. The highest BCUT2D eigenvalue weighted by atomic mass is 35.5. The van der Waals surface area contributed by atoms with E-state index in [1.54, 1.807) is 30.5 Å². The molecule has 0 aliphatic heterocycles. The van der Waals surface area contributed by atoms with Crippen molar-refractivity contribution in [1.29, 1.82) is 0 Å². The van der Waals surface area contributed by atoms with Gasteiger partial charge in [-0.15, -0.1) is 0 Å². The third kappa shape index (κ3) is 5.84. The number of carbonyl (C=O) groups is 1. The van der Waals surface area contributed by atoms with Crippen LogP contribution in [-0.4, -0.2) is 12.1 Å². The van der Waals surface area contributed by atoms with Gasteiger partial charge in [-0.25, -0.2) is 5.43 Å². The zero-order chi connectivity index (χ0) is 19.1. The van der Waals surface area contributed by atoms with Crippen molar-refractivity contribution in [2.45, 2.75) is 6.61 Å². The molecule has 4 nitrogen and oxygen atoms in total. The van der Waals surface area contributed by atoms with E-state index in [1.807, 2.05) is 48.5 Å². The van der Waals surface area contributed by atoms with Crippen LogP contribution in [0.4, 0.5) is 0 Å². The van der Waals surface area contributed by atoms with E-state index in [2.05, 4.69) is 10.5 Å². The fourth-order valence-electron chi connectivity index (χ4n) is 2.26. The highest BCUT2D eigenvalue weighted by Gasteiger charge is 2.04. The number of halogens is 2. The van der Waals surface area contributed by atoms with Gasteiger partial charge in [0.1, 0.15) is 12.4 Å². The lowest BCUT2D eigenvalue weighted by Crippen LogP contribution is -2.17. The lowest BCUT2D eigenvalue weighted by atomic mass is 10.2. The molecule has 0 spiro atoms. The second-order valence-corrected chi connectivity index (χ2v) is 6.57. The number of rotatable bonds is 6. The van der Waals surface area contributed by atoms with E-state index in [1.165, 1.54) is 0 Å². The van der Waals surface area contributed by atoms with Crippen LogP contribution >= 0.6 is 23.2 Å². The Morgan fingerprint density at radius 2 is 1.70 bits per heavy atom. The summed E-state index contributed by atoms with van der Waals surface area (Å²) in [6, 6.07) is 21.6. The number of nitrogens with zero attached hydrogens (tertiary/aromatic N) is 1. The molecule has 0 saturated heterocycles. The first kappa shape index (κ1) is 19.0. The Morgan fingerprint density at radius 3 is 2.41 bits per heavy atom. The minimum Gasteiger partial charge on any atom is -0.489 e. The molecule has 6 heteroatoms. The van der Waals surface area contributed by atoms with Gasteiger partial charge in [-0.1, -0.05) is 41.4 Å². The quantitative estimate of drug-likeness (QED) is 0.450. The average Bonchev–Trinajstić information content (AvgIpc) is 2.68. The molecule has 1 amide bonds. The summed E-state index contributed by atoms with van der Waals surface area (Å²) < 4.78 is 5.73. The minimum atomic E-state index is -0.323. The zero-order valence-corrected chi connectivity index (χ0v) is 15.7. The second-order valence-electron chi connectivity index (χ2n) is 5.69. The number of hydrogen-bond acceptors (Lipinski definition) is 3. The van der Waals surface area contributed by atoms with Crippen molar-refractivity contribution < 1.29 is 9.53 Å². The Bertz CT molecular complexity index is 939. The van der Waals surface area contributed by atoms with E-state index in [9.17, 15) is 4.79 Å². The highest BCUT2D eigenvalue weighted by molar-refractivity contribution is 6.31. The summed E-state index contributed by atoms with van der Waals surface area (Å²) in [5.74, 6) is 0.418. The van der Waals surface area contributed by atoms with Gasteiger partial charge in [0.2, 0.25) is 0 Å². The Kier molecular flexibility index (Phi) is 6.47. The SMILES string of the molecule is O=C(N/N=C/c1ccc(OCc2ccc(Cl)cc2)cc1)c1cccc(Cl)c1. The maximum absolute atomic E-state index is 12.0. The smallest absolute Gasteiger partial charge is 0.271 e. The number of benzene rings is 3. The van der Waals surface area contributed by atoms with Gasteiger partial charge in [0.05, 0.1) is 6.21 Å². The molecule has 0 bridgehead atoms. The van der Waals surface area contributed by atoms with E-state index in [-0.39, 0.29) is 5.91 Å². The lowest BCUT2D eigenvalue weighted by Gasteiger charge is -2.06. The maximum Gasteiger partial charge on any atom is 0.271 e. The fourth-order valence-corrected chi connectivity index (χ4v) is 2.57. The summed E-state index contributed by atoms with van der Waals surface area (Å²) in [6.07, 6.45) is 1.56. The molecule has 3 aromatic carbocycles. The van der Waals surface area contributed by atoms with Crippen LogP contribution in [0.3, 0.4) is 0 Å². The molecule has 0 aliphatic rings. The van der Waals surface area contributed by atoms with Crippen LogP contribution in [0.25, 0.3) is 0 Å². The largest absolute Gasteiger partial charge is 0.489 e. The number of hydrogen-bond donors (Lipinski definition) is 1. The molecule has 27 heavy (non-hydrogen) atoms. The molecule has 0 unspecified atom stereocenters. The van der Waals surface area contributed by atoms with E-state index < -0.39 is 0 Å². The number of hydrazone groups is 1. The van der Waals surface area contributed by atoms with Gasteiger partial charge in [0.25, 0.3) is 5.91 Å². The first-order valence-corrected chi connectivity index (χ1v) is 8.92. The summed E-state index contributed by atoms with van der Waals surface area (Å²) in [4.78, 5) is 12.0. The molecular formula is C21H16Cl2N2O2. The predicted molar refractivity (Wildman–Crippen MR) is 109 cm³/mol. The third-order valence-corrected chi connectivity index (χ3v) is 4.15. The van der Waals surface area contributed by atoms with Crippen molar-refractivity contribution >= 4 is 35.3 Å². The number of amides is 1. The van der Waals surface area contributed by atoms with Crippen molar-refractivity contribution in [3.8, 4) is 5.75 Å². The van der Waals surface area contributed by atoms with Gasteiger partial charge in [0, 0.05) is 15.6 Å². The Balaban J connectivity index is 1.51. The maximum atomic E-state index is 12.0. The monoisotopic (exact) mass is 398 g/mol. The summed E-state index contributed by atoms with van der Waals surface area (Å²) in [5, 5.41) is 5.16. The highest BCUT2D eigenvalue weighted by Crippen LogP contribution is 2.15. The molecule has 1 N–H and O–H groups in total. The molecule has 0 atom stereocenters. The Hall–Kier alpha value is -2.82. The van der Waals surface area contributed by atoms with Crippen LogP contribution in [0.5, 0.6) is 5.75 Å². The van der Waals surface area contributed by atoms with Crippen LogP contribution in [-0.2, 0) is 6.61 Å². The molecule has 0 saturated carbocycles. The molecular weight excluding hydrogens is 383 g/mol. The first-order chi connectivity index (χ1) is 13.1. The van der Waals surface area contributed by atoms with Crippen molar-refractivity contribution in [2.75, 3.05) is 0 Å². The van der Waals surface area contributed by atoms with Crippen LogP contribution in [0.15, 0.2) is 77.9 Å². The summed E-state index contributed by atoms with van der Waals surface area (Å²) >= 11 is 11.7. The molecule has 0 aromatic heterocycles. The van der Waals surface area contributed by atoms with Crippen LogP contribution in [0.1, 0.15) is 21.5 Å². The molecule has 0 aliphatic carbocycles. The van der Waals surface area contributed by atoms with Gasteiger partial charge in [-0.05, 0) is 65.7 Å². The van der Waals surface area contributed by atoms with E-state index in [0.717, 1.165) is 16.9 Å².